The molecule has 0 heterocycles. The van der Waals surface area contributed by atoms with E-state index in [0.717, 1.165) is 25.1 Å². The van der Waals surface area contributed by atoms with Gasteiger partial charge in [0, 0.05) is 6.92 Å². The average Bonchev–Trinajstić information content (AvgIpc) is 2.14. The first-order valence-corrected chi connectivity index (χ1v) is 5.55. The molecule has 0 saturated carbocycles. The Morgan fingerprint density at radius 3 is 2.19 bits per heavy atom. The number of carbonyl (C=O) groups is 1. The van der Waals surface area contributed by atoms with E-state index in [1.807, 2.05) is 0 Å². The summed E-state index contributed by atoms with van der Waals surface area (Å²) in [4.78, 5) is 10.9. The quantitative estimate of drug-likeness (QED) is 0.757. The van der Waals surface area contributed by atoms with Crippen LogP contribution in [0.1, 0.15) is 6.92 Å². The molecular formula is C8H8F2N2O3S. The molecule has 88 valence electrons. The Labute approximate surface area is 90.5 Å². The Balaban J connectivity index is 3.12. The first kappa shape index (κ1) is 12.5. The smallest absolute Gasteiger partial charge is 0.263 e. The Morgan fingerprint density at radius 1 is 1.25 bits per heavy atom. The van der Waals surface area contributed by atoms with Gasteiger partial charge in [-0.3, -0.25) is 10.2 Å². The molecule has 0 atom stereocenters. The summed E-state index contributed by atoms with van der Waals surface area (Å²) in [6.45, 7) is 1.04. The normalized spacial score (nSPS) is 11.2. The van der Waals surface area contributed by atoms with Gasteiger partial charge in [-0.1, -0.05) is 6.07 Å². The molecule has 0 saturated heterocycles. The molecule has 2 N–H and O–H groups in total. The van der Waals surface area contributed by atoms with Crippen LogP contribution in [-0.2, 0) is 14.8 Å². The van der Waals surface area contributed by atoms with Gasteiger partial charge in [0.25, 0.3) is 10.0 Å². The monoisotopic (exact) mass is 250 g/mol. The van der Waals surface area contributed by atoms with Crippen LogP contribution in [0.5, 0.6) is 0 Å². The summed E-state index contributed by atoms with van der Waals surface area (Å²) in [5.41, 5.74) is 1.73. The summed E-state index contributed by atoms with van der Waals surface area (Å²) in [6.07, 6.45) is 0. The van der Waals surface area contributed by atoms with E-state index in [9.17, 15) is 22.0 Å². The predicted molar refractivity (Wildman–Crippen MR) is 50.5 cm³/mol. The predicted octanol–water partition coefficient (Wildman–Crippen LogP) is 0.294. The molecular weight excluding hydrogens is 242 g/mol. The third kappa shape index (κ3) is 2.74. The number of nitrogens with one attached hydrogen (secondary N) is 2. The minimum atomic E-state index is -4.45. The zero-order chi connectivity index (χ0) is 12.3. The first-order chi connectivity index (χ1) is 7.34. The van der Waals surface area contributed by atoms with E-state index in [4.69, 9.17) is 0 Å². The zero-order valence-corrected chi connectivity index (χ0v) is 8.94. The SMILES string of the molecule is CC(=O)NNS(=O)(=O)c1c(F)cccc1F. The topological polar surface area (TPSA) is 75.3 Å². The molecule has 0 bridgehead atoms. The van der Waals surface area contributed by atoms with Gasteiger partial charge in [0.15, 0.2) is 4.90 Å². The molecule has 16 heavy (non-hydrogen) atoms. The van der Waals surface area contributed by atoms with Crippen molar-refractivity contribution < 1.29 is 22.0 Å². The molecule has 8 heteroatoms. The second-order valence-electron chi connectivity index (χ2n) is 2.84. The Morgan fingerprint density at radius 2 is 1.75 bits per heavy atom. The molecule has 1 aromatic rings. The molecule has 1 amide bonds. The molecule has 0 unspecified atom stereocenters. The maximum Gasteiger partial charge on any atom is 0.263 e. The fourth-order valence-electron chi connectivity index (χ4n) is 0.929. The second kappa shape index (κ2) is 4.54. The number of hydrogen-bond acceptors (Lipinski definition) is 3. The van der Waals surface area contributed by atoms with Crippen molar-refractivity contribution in [2.75, 3.05) is 0 Å². The van der Waals surface area contributed by atoms with Crippen molar-refractivity contribution in [2.45, 2.75) is 11.8 Å². The van der Waals surface area contributed by atoms with Gasteiger partial charge in [0.1, 0.15) is 11.6 Å². The Hall–Kier alpha value is -1.54. The van der Waals surface area contributed by atoms with Crippen LogP contribution in [0.3, 0.4) is 0 Å². The van der Waals surface area contributed by atoms with E-state index < -0.39 is 32.5 Å². The van der Waals surface area contributed by atoms with Crippen molar-refractivity contribution in [3.8, 4) is 0 Å². The van der Waals surface area contributed by atoms with Gasteiger partial charge in [-0.25, -0.2) is 17.2 Å². The second-order valence-corrected chi connectivity index (χ2v) is 4.46. The van der Waals surface area contributed by atoms with Crippen LogP contribution in [0.15, 0.2) is 23.1 Å². The fourth-order valence-corrected chi connectivity index (χ4v) is 1.96. The first-order valence-electron chi connectivity index (χ1n) is 4.07. The molecule has 0 radical (unpaired) electrons. The van der Waals surface area contributed by atoms with E-state index >= 15 is 0 Å². The number of carbonyl (C=O) groups excluding carboxylic acids is 1. The lowest BCUT2D eigenvalue weighted by molar-refractivity contribution is -0.119. The lowest BCUT2D eigenvalue weighted by Gasteiger charge is -2.08. The Bertz CT molecular complexity index is 496. The average molecular weight is 250 g/mol. The summed E-state index contributed by atoms with van der Waals surface area (Å²) in [5, 5.41) is 0. The summed E-state index contributed by atoms with van der Waals surface area (Å²) in [7, 11) is -4.45. The fraction of sp³-hybridized carbons (Fsp3) is 0.125. The molecule has 0 fully saturated rings. The minimum absolute atomic E-state index is 0.708. The van der Waals surface area contributed by atoms with E-state index in [1.54, 1.807) is 10.3 Å². The summed E-state index contributed by atoms with van der Waals surface area (Å²) < 4.78 is 48.9. The highest BCUT2D eigenvalue weighted by molar-refractivity contribution is 7.89. The molecule has 0 aliphatic heterocycles. The third-order valence-corrected chi connectivity index (χ3v) is 2.85. The summed E-state index contributed by atoms with van der Waals surface area (Å²) >= 11 is 0. The van der Waals surface area contributed by atoms with Crippen LogP contribution < -0.4 is 10.3 Å². The largest absolute Gasteiger partial charge is 0.278 e. The number of hydrogen-bond donors (Lipinski definition) is 2. The van der Waals surface area contributed by atoms with Gasteiger partial charge in [-0.05, 0) is 12.1 Å². The lowest BCUT2D eigenvalue weighted by Crippen LogP contribution is -2.40. The van der Waals surface area contributed by atoms with Crippen molar-refractivity contribution in [1.82, 2.24) is 10.3 Å². The van der Waals surface area contributed by atoms with Crippen LogP contribution in [0.4, 0.5) is 8.78 Å². The number of sulfonamides is 1. The number of rotatable bonds is 3. The molecule has 1 aromatic carbocycles. The molecule has 5 nitrogen and oxygen atoms in total. The Kier molecular flexibility index (Phi) is 3.55. The van der Waals surface area contributed by atoms with Gasteiger partial charge < -0.3 is 0 Å². The highest BCUT2D eigenvalue weighted by atomic mass is 32.2. The molecule has 1 rings (SSSR count). The van der Waals surface area contributed by atoms with Crippen molar-refractivity contribution >= 4 is 15.9 Å². The maximum absolute atomic E-state index is 13.1. The van der Waals surface area contributed by atoms with Crippen molar-refractivity contribution in [3.63, 3.8) is 0 Å². The van der Waals surface area contributed by atoms with Gasteiger partial charge in [-0.2, -0.15) is 0 Å². The van der Waals surface area contributed by atoms with E-state index in [-0.39, 0.29) is 0 Å². The molecule has 0 aromatic heterocycles. The van der Waals surface area contributed by atoms with Gasteiger partial charge in [0.05, 0.1) is 0 Å². The van der Waals surface area contributed by atoms with Crippen LogP contribution >= 0.6 is 0 Å². The van der Waals surface area contributed by atoms with Crippen molar-refractivity contribution in [3.05, 3.63) is 29.8 Å². The van der Waals surface area contributed by atoms with Crippen LogP contribution in [0.25, 0.3) is 0 Å². The lowest BCUT2D eigenvalue weighted by atomic mass is 10.3. The minimum Gasteiger partial charge on any atom is -0.278 e. The van der Waals surface area contributed by atoms with Crippen LogP contribution in [0, 0.1) is 11.6 Å². The number of hydrazine groups is 1. The standard InChI is InChI=1S/C8H8F2N2O3S/c1-5(13)11-12-16(14,15)8-6(9)3-2-4-7(8)10/h2-4,12H,1H3,(H,11,13). The number of halogens is 2. The van der Waals surface area contributed by atoms with E-state index in [0.29, 0.717) is 0 Å². The van der Waals surface area contributed by atoms with Gasteiger partial charge >= 0.3 is 0 Å². The van der Waals surface area contributed by atoms with E-state index in [2.05, 4.69) is 0 Å². The number of benzene rings is 1. The van der Waals surface area contributed by atoms with Crippen molar-refractivity contribution in [2.24, 2.45) is 0 Å². The van der Waals surface area contributed by atoms with Gasteiger partial charge in [-0.15, -0.1) is 4.83 Å². The number of amides is 1. The molecule has 0 spiro atoms. The molecule has 0 aliphatic rings. The highest BCUT2D eigenvalue weighted by Crippen LogP contribution is 2.17. The van der Waals surface area contributed by atoms with Gasteiger partial charge in [0.2, 0.25) is 5.91 Å². The van der Waals surface area contributed by atoms with Crippen molar-refractivity contribution in [1.29, 1.82) is 0 Å². The summed E-state index contributed by atoms with van der Waals surface area (Å²) in [6, 6.07) is 2.62. The van der Waals surface area contributed by atoms with Crippen LogP contribution in [-0.4, -0.2) is 14.3 Å². The zero-order valence-electron chi connectivity index (χ0n) is 8.12. The third-order valence-electron chi connectivity index (χ3n) is 1.55. The van der Waals surface area contributed by atoms with E-state index in [1.165, 1.54) is 0 Å². The highest BCUT2D eigenvalue weighted by Gasteiger charge is 2.23. The maximum atomic E-state index is 13.1. The summed E-state index contributed by atoms with van der Waals surface area (Å²) in [5.74, 6) is -3.18. The molecule has 0 aliphatic carbocycles. The van der Waals surface area contributed by atoms with Crippen LogP contribution in [0.2, 0.25) is 0 Å².